The molecule has 0 spiro atoms. The second-order valence-corrected chi connectivity index (χ2v) is 4.07. The molecule has 1 aromatic carbocycles. The van der Waals surface area contributed by atoms with Crippen LogP contribution >= 0.6 is 0 Å². The van der Waals surface area contributed by atoms with Gasteiger partial charge in [0.25, 0.3) is 5.91 Å². The third-order valence-corrected chi connectivity index (χ3v) is 2.53. The van der Waals surface area contributed by atoms with Gasteiger partial charge in [-0.05, 0) is 19.1 Å². The molecule has 0 saturated heterocycles. The molecule has 0 saturated carbocycles. The molecule has 3 N–H and O–H groups in total. The van der Waals surface area contributed by atoms with Gasteiger partial charge in [-0.25, -0.2) is 0 Å². The van der Waals surface area contributed by atoms with Crippen molar-refractivity contribution in [3.63, 3.8) is 0 Å². The fourth-order valence-corrected chi connectivity index (χ4v) is 1.63. The standard InChI is InChI=1S/C13H20N2O4/c1-8(14)7-15-13(16)9-5-6-10(17-2)12(19-4)11(9)18-3/h5-6,8H,7,14H2,1-4H3,(H,15,16). The number of carbonyl (C=O) groups excluding carboxylic acids is 1. The van der Waals surface area contributed by atoms with Gasteiger partial charge in [0.15, 0.2) is 11.5 Å². The summed E-state index contributed by atoms with van der Waals surface area (Å²) < 4.78 is 15.6. The van der Waals surface area contributed by atoms with E-state index in [1.807, 2.05) is 6.92 Å². The van der Waals surface area contributed by atoms with Crippen molar-refractivity contribution in [3.05, 3.63) is 17.7 Å². The number of amides is 1. The molecule has 19 heavy (non-hydrogen) atoms. The number of methoxy groups -OCH3 is 3. The lowest BCUT2D eigenvalue weighted by molar-refractivity contribution is 0.0948. The van der Waals surface area contributed by atoms with Gasteiger partial charge in [0, 0.05) is 12.6 Å². The second-order valence-electron chi connectivity index (χ2n) is 4.07. The summed E-state index contributed by atoms with van der Waals surface area (Å²) in [5.41, 5.74) is 5.98. The van der Waals surface area contributed by atoms with Crippen molar-refractivity contribution in [1.29, 1.82) is 0 Å². The van der Waals surface area contributed by atoms with Gasteiger partial charge in [-0.2, -0.15) is 0 Å². The van der Waals surface area contributed by atoms with Gasteiger partial charge in [-0.3, -0.25) is 4.79 Å². The van der Waals surface area contributed by atoms with Crippen LogP contribution in [0.3, 0.4) is 0 Å². The topological polar surface area (TPSA) is 82.8 Å². The maximum Gasteiger partial charge on any atom is 0.255 e. The number of hydrogen-bond acceptors (Lipinski definition) is 5. The van der Waals surface area contributed by atoms with Crippen LogP contribution in [-0.4, -0.2) is 39.8 Å². The highest BCUT2D eigenvalue weighted by molar-refractivity contribution is 5.98. The quantitative estimate of drug-likeness (QED) is 0.797. The summed E-state index contributed by atoms with van der Waals surface area (Å²) in [6, 6.07) is 3.16. The lowest BCUT2D eigenvalue weighted by Gasteiger charge is -2.16. The minimum atomic E-state index is -0.268. The first-order chi connectivity index (χ1) is 9.04. The predicted molar refractivity (Wildman–Crippen MR) is 72.1 cm³/mol. The molecule has 1 atom stereocenters. The average molecular weight is 268 g/mol. The van der Waals surface area contributed by atoms with Crippen molar-refractivity contribution in [3.8, 4) is 17.2 Å². The number of nitrogens with two attached hydrogens (primary N) is 1. The first kappa shape index (κ1) is 15.1. The van der Waals surface area contributed by atoms with Crippen LogP contribution in [-0.2, 0) is 0 Å². The highest BCUT2D eigenvalue weighted by atomic mass is 16.5. The largest absolute Gasteiger partial charge is 0.493 e. The SMILES string of the molecule is COc1ccc(C(=O)NCC(C)N)c(OC)c1OC. The zero-order valence-electron chi connectivity index (χ0n) is 11.6. The molecule has 0 fully saturated rings. The molecule has 0 heterocycles. The van der Waals surface area contributed by atoms with Crippen molar-refractivity contribution in [2.45, 2.75) is 13.0 Å². The zero-order chi connectivity index (χ0) is 14.4. The Morgan fingerprint density at radius 1 is 1.21 bits per heavy atom. The molecular formula is C13H20N2O4. The van der Waals surface area contributed by atoms with Crippen LogP contribution in [0, 0.1) is 0 Å². The van der Waals surface area contributed by atoms with Crippen LogP contribution in [0.4, 0.5) is 0 Å². The number of benzene rings is 1. The Hall–Kier alpha value is -1.95. The summed E-state index contributed by atoms with van der Waals surface area (Å²) in [6.45, 7) is 2.20. The molecule has 6 nitrogen and oxygen atoms in total. The summed E-state index contributed by atoms with van der Waals surface area (Å²) >= 11 is 0. The van der Waals surface area contributed by atoms with Crippen LogP contribution in [0.15, 0.2) is 12.1 Å². The van der Waals surface area contributed by atoms with Gasteiger partial charge in [-0.1, -0.05) is 0 Å². The van der Waals surface area contributed by atoms with Crippen molar-refractivity contribution in [1.82, 2.24) is 5.32 Å². The van der Waals surface area contributed by atoms with Crippen LogP contribution in [0.25, 0.3) is 0 Å². The van der Waals surface area contributed by atoms with E-state index in [9.17, 15) is 4.79 Å². The number of carbonyl (C=O) groups is 1. The summed E-state index contributed by atoms with van der Waals surface area (Å²) in [7, 11) is 4.48. The van der Waals surface area contributed by atoms with Gasteiger partial charge < -0.3 is 25.3 Å². The molecule has 1 amide bonds. The van der Waals surface area contributed by atoms with E-state index in [0.29, 0.717) is 29.4 Å². The molecule has 0 aromatic heterocycles. The molecule has 1 unspecified atom stereocenters. The van der Waals surface area contributed by atoms with E-state index in [1.54, 1.807) is 12.1 Å². The smallest absolute Gasteiger partial charge is 0.255 e. The maximum absolute atomic E-state index is 12.1. The Morgan fingerprint density at radius 2 is 1.84 bits per heavy atom. The van der Waals surface area contributed by atoms with E-state index >= 15 is 0 Å². The summed E-state index contributed by atoms with van der Waals surface area (Å²) in [4.78, 5) is 12.1. The van der Waals surface area contributed by atoms with E-state index < -0.39 is 0 Å². The molecule has 0 bridgehead atoms. The Balaban J connectivity index is 3.10. The van der Waals surface area contributed by atoms with Crippen LogP contribution in [0.2, 0.25) is 0 Å². The monoisotopic (exact) mass is 268 g/mol. The number of hydrogen-bond donors (Lipinski definition) is 2. The maximum atomic E-state index is 12.1. The van der Waals surface area contributed by atoms with E-state index in [1.165, 1.54) is 21.3 Å². The molecule has 6 heteroatoms. The van der Waals surface area contributed by atoms with E-state index in [4.69, 9.17) is 19.9 Å². The van der Waals surface area contributed by atoms with Gasteiger partial charge in [-0.15, -0.1) is 0 Å². The Kier molecular flexibility index (Phi) is 5.44. The summed E-state index contributed by atoms with van der Waals surface area (Å²) in [6.07, 6.45) is 0. The molecule has 0 aliphatic heterocycles. The average Bonchev–Trinajstić information content (AvgIpc) is 2.42. The van der Waals surface area contributed by atoms with Crippen molar-refractivity contribution < 1.29 is 19.0 Å². The fourth-order valence-electron chi connectivity index (χ4n) is 1.63. The summed E-state index contributed by atoms with van der Waals surface area (Å²) in [5.74, 6) is 0.959. The lowest BCUT2D eigenvalue weighted by atomic mass is 10.1. The zero-order valence-corrected chi connectivity index (χ0v) is 11.6. The van der Waals surface area contributed by atoms with Crippen LogP contribution in [0.5, 0.6) is 17.2 Å². The molecule has 0 aliphatic carbocycles. The van der Waals surface area contributed by atoms with Crippen LogP contribution in [0.1, 0.15) is 17.3 Å². The van der Waals surface area contributed by atoms with Crippen molar-refractivity contribution in [2.75, 3.05) is 27.9 Å². The Labute approximate surface area is 112 Å². The Morgan fingerprint density at radius 3 is 2.32 bits per heavy atom. The molecular weight excluding hydrogens is 248 g/mol. The van der Waals surface area contributed by atoms with E-state index in [2.05, 4.69) is 5.32 Å². The third kappa shape index (κ3) is 3.51. The molecule has 0 radical (unpaired) electrons. The minimum Gasteiger partial charge on any atom is -0.493 e. The predicted octanol–water partition coefficient (Wildman–Crippen LogP) is 0.789. The molecule has 1 rings (SSSR count). The van der Waals surface area contributed by atoms with Gasteiger partial charge in [0.2, 0.25) is 5.75 Å². The number of nitrogens with one attached hydrogen (secondary N) is 1. The van der Waals surface area contributed by atoms with Crippen molar-refractivity contribution in [2.24, 2.45) is 5.73 Å². The van der Waals surface area contributed by atoms with Crippen molar-refractivity contribution >= 4 is 5.91 Å². The molecule has 106 valence electrons. The second kappa shape index (κ2) is 6.84. The third-order valence-electron chi connectivity index (χ3n) is 2.53. The van der Waals surface area contributed by atoms with E-state index in [-0.39, 0.29) is 11.9 Å². The van der Waals surface area contributed by atoms with E-state index in [0.717, 1.165) is 0 Å². The normalized spacial score (nSPS) is 11.6. The number of ether oxygens (including phenoxy) is 3. The minimum absolute atomic E-state index is 0.116. The molecule has 1 aromatic rings. The first-order valence-electron chi connectivity index (χ1n) is 5.87. The lowest BCUT2D eigenvalue weighted by Crippen LogP contribution is -2.35. The highest BCUT2D eigenvalue weighted by Gasteiger charge is 2.20. The first-order valence-corrected chi connectivity index (χ1v) is 5.87. The van der Waals surface area contributed by atoms with Gasteiger partial charge in [0.05, 0.1) is 26.9 Å². The van der Waals surface area contributed by atoms with Gasteiger partial charge >= 0.3 is 0 Å². The van der Waals surface area contributed by atoms with Gasteiger partial charge in [0.1, 0.15) is 0 Å². The van der Waals surface area contributed by atoms with Crippen LogP contribution < -0.4 is 25.3 Å². The Bertz CT molecular complexity index is 447. The highest BCUT2D eigenvalue weighted by Crippen LogP contribution is 2.39. The number of rotatable bonds is 6. The summed E-state index contributed by atoms with van der Waals surface area (Å²) in [5, 5.41) is 2.72. The fraction of sp³-hybridized carbons (Fsp3) is 0.462. The molecule has 0 aliphatic rings.